The lowest BCUT2D eigenvalue weighted by Gasteiger charge is -2.07. The highest BCUT2D eigenvalue weighted by Crippen LogP contribution is 2.28. The predicted molar refractivity (Wildman–Crippen MR) is 72.4 cm³/mol. The number of hydrogen-bond acceptors (Lipinski definition) is 4. The van der Waals surface area contributed by atoms with Crippen LogP contribution in [0.15, 0.2) is 34.2 Å². The van der Waals surface area contributed by atoms with Gasteiger partial charge in [-0.2, -0.15) is 13.2 Å². The molecule has 0 aliphatic heterocycles. The molecule has 0 amide bonds. The number of ether oxygens (including phenoxy) is 1. The van der Waals surface area contributed by atoms with Crippen LogP contribution in [0.5, 0.6) is 5.75 Å². The van der Waals surface area contributed by atoms with Gasteiger partial charge in [-0.1, -0.05) is 17.8 Å². The zero-order valence-corrected chi connectivity index (χ0v) is 12.0. The standard InChI is InChI=1S/C13H10F4N2O2S/c1-21-9-3-2-7(4-8(9)14)6-22-12-18-10(13(15,16)17)5-11(20)19-12/h2-5H,6H2,1H3,(H,18,19,20). The second-order valence-electron chi connectivity index (χ2n) is 4.19. The average molecular weight is 334 g/mol. The first-order valence-electron chi connectivity index (χ1n) is 5.93. The van der Waals surface area contributed by atoms with Gasteiger partial charge in [-0.25, -0.2) is 9.37 Å². The highest BCUT2D eigenvalue weighted by atomic mass is 32.2. The number of benzene rings is 1. The summed E-state index contributed by atoms with van der Waals surface area (Å²) in [7, 11) is 1.32. The number of rotatable bonds is 4. The number of H-pyrrole nitrogens is 1. The summed E-state index contributed by atoms with van der Waals surface area (Å²) >= 11 is 0.866. The van der Waals surface area contributed by atoms with E-state index in [0.717, 1.165) is 11.8 Å². The van der Waals surface area contributed by atoms with Crippen molar-refractivity contribution < 1.29 is 22.3 Å². The number of alkyl halides is 3. The number of nitrogens with one attached hydrogen (secondary N) is 1. The third-order valence-electron chi connectivity index (χ3n) is 2.60. The maximum absolute atomic E-state index is 13.5. The van der Waals surface area contributed by atoms with E-state index in [1.807, 2.05) is 0 Å². The molecule has 0 unspecified atom stereocenters. The number of nitrogens with zero attached hydrogens (tertiary/aromatic N) is 1. The van der Waals surface area contributed by atoms with E-state index in [4.69, 9.17) is 4.74 Å². The van der Waals surface area contributed by atoms with Crippen molar-refractivity contribution in [2.75, 3.05) is 7.11 Å². The van der Waals surface area contributed by atoms with Gasteiger partial charge in [-0.15, -0.1) is 0 Å². The quantitative estimate of drug-likeness (QED) is 0.530. The van der Waals surface area contributed by atoms with Crippen molar-refractivity contribution in [1.29, 1.82) is 0 Å². The summed E-state index contributed by atoms with van der Waals surface area (Å²) in [5, 5.41) is -0.184. The molecule has 2 aromatic rings. The molecule has 22 heavy (non-hydrogen) atoms. The second-order valence-corrected chi connectivity index (χ2v) is 5.16. The molecule has 9 heteroatoms. The molecular weight excluding hydrogens is 324 g/mol. The Morgan fingerprint density at radius 3 is 2.64 bits per heavy atom. The molecule has 2 rings (SSSR count). The third kappa shape index (κ3) is 4.00. The molecule has 0 atom stereocenters. The van der Waals surface area contributed by atoms with Crippen molar-refractivity contribution in [3.05, 3.63) is 51.7 Å². The lowest BCUT2D eigenvalue weighted by molar-refractivity contribution is -0.141. The summed E-state index contributed by atoms with van der Waals surface area (Å²) < 4.78 is 55.9. The molecule has 0 fully saturated rings. The van der Waals surface area contributed by atoms with E-state index in [1.54, 1.807) is 6.07 Å². The first-order chi connectivity index (χ1) is 10.3. The molecule has 1 heterocycles. The van der Waals surface area contributed by atoms with Crippen LogP contribution in [0.1, 0.15) is 11.3 Å². The van der Waals surface area contributed by atoms with Gasteiger partial charge in [0, 0.05) is 11.8 Å². The Labute approximate surface area is 126 Å². The lowest BCUT2D eigenvalue weighted by Crippen LogP contribution is -2.16. The molecule has 0 spiro atoms. The van der Waals surface area contributed by atoms with Gasteiger partial charge < -0.3 is 9.72 Å². The Hall–Kier alpha value is -2.03. The van der Waals surface area contributed by atoms with E-state index < -0.39 is 23.2 Å². The van der Waals surface area contributed by atoms with Crippen LogP contribution in [0.25, 0.3) is 0 Å². The first kappa shape index (κ1) is 16.3. The topological polar surface area (TPSA) is 55.0 Å². The zero-order valence-electron chi connectivity index (χ0n) is 11.2. The van der Waals surface area contributed by atoms with Crippen molar-refractivity contribution in [2.24, 2.45) is 0 Å². The van der Waals surface area contributed by atoms with E-state index in [-0.39, 0.29) is 16.7 Å². The van der Waals surface area contributed by atoms with Crippen LogP contribution in [-0.4, -0.2) is 17.1 Å². The molecule has 0 saturated carbocycles. The van der Waals surface area contributed by atoms with Crippen LogP contribution in [-0.2, 0) is 11.9 Å². The normalized spacial score (nSPS) is 11.5. The predicted octanol–water partition coefficient (Wildman–Crippen LogP) is 3.23. The number of aromatic nitrogens is 2. The van der Waals surface area contributed by atoms with Crippen LogP contribution in [0.2, 0.25) is 0 Å². The van der Waals surface area contributed by atoms with Crippen LogP contribution in [0.4, 0.5) is 17.6 Å². The summed E-state index contributed by atoms with van der Waals surface area (Å²) in [6.07, 6.45) is -4.70. The minimum atomic E-state index is -4.70. The molecule has 118 valence electrons. The van der Waals surface area contributed by atoms with Crippen LogP contribution in [0.3, 0.4) is 0 Å². The van der Waals surface area contributed by atoms with E-state index in [2.05, 4.69) is 9.97 Å². The van der Waals surface area contributed by atoms with Gasteiger partial charge in [0.25, 0.3) is 5.56 Å². The van der Waals surface area contributed by atoms with Gasteiger partial charge >= 0.3 is 6.18 Å². The Morgan fingerprint density at radius 1 is 1.32 bits per heavy atom. The van der Waals surface area contributed by atoms with E-state index in [1.165, 1.54) is 19.2 Å². The molecular formula is C13H10F4N2O2S. The minimum absolute atomic E-state index is 0.0688. The molecule has 0 aliphatic rings. The van der Waals surface area contributed by atoms with Crippen molar-refractivity contribution in [2.45, 2.75) is 17.1 Å². The highest BCUT2D eigenvalue weighted by Gasteiger charge is 2.33. The fourth-order valence-corrected chi connectivity index (χ4v) is 2.42. The summed E-state index contributed by atoms with van der Waals surface area (Å²) in [5.74, 6) is -0.365. The summed E-state index contributed by atoms with van der Waals surface area (Å²) in [6, 6.07) is 4.57. The summed E-state index contributed by atoms with van der Waals surface area (Å²) in [6.45, 7) is 0. The molecule has 4 nitrogen and oxygen atoms in total. The van der Waals surface area contributed by atoms with Gasteiger partial charge in [0.2, 0.25) is 0 Å². The van der Waals surface area contributed by atoms with Gasteiger partial charge in [-0.05, 0) is 17.7 Å². The molecule has 1 aromatic carbocycles. The molecule has 1 N–H and O–H groups in total. The zero-order chi connectivity index (χ0) is 16.3. The third-order valence-corrected chi connectivity index (χ3v) is 3.55. The van der Waals surface area contributed by atoms with Crippen LogP contribution >= 0.6 is 11.8 Å². The number of methoxy groups -OCH3 is 1. The van der Waals surface area contributed by atoms with Gasteiger partial charge in [-0.3, -0.25) is 4.79 Å². The SMILES string of the molecule is COc1ccc(CSc2nc(C(F)(F)F)cc(=O)[nH]2)cc1F. The van der Waals surface area contributed by atoms with Crippen molar-refractivity contribution in [1.82, 2.24) is 9.97 Å². The van der Waals surface area contributed by atoms with E-state index >= 15 is 0 Å². The highest BCUT2D eigenvalue weighted by molar-refractivity contribution is 7.98. The largest absolute Gasteiger partial charge is 0.494 e. The molecule has 0 aliphatic carbocycles. The maximum Gasteiger partial charge on any atom is 0.433 e. The summed E-state index contributed by atoms with van der Waals surface area (Å²) in [5.41, 5.74) is -1.64. The van der Waals surface area contributed by atoms with E-state index in [0.29, 0.717) is 11.6 Å². The van der Waals surface area contributed by atoms with Crippen LogP contribution in [0, 0.1) is 5.82 Å². The number of aromatic amines is 1. The smallest absolute Gasteiger partial charge is 0.433 e. The van der Waals surface area contributed by atoms with Gasteiger partial charge in [0.15, 0.2) is 22.4 Å². The Morgan fingerprint density at radius 2 is 2.05 bits per heavy atom. The fraction of sp³-hybridized carbons (Fsp3) is 0.231. The summed E-state index contributed by atoms with van der Waals surface area (Å²) in [4.78, 5) is 16.8. The monoisotopic (exact) mass is 334 g/mol. The second kappa shape index (κ2) is 6.39. The van der Waals surface area contributed by atoms with Crippen molar-refractivity contribution in [3.8, 4) is 5.75 Å². The molecule has 0 saturated heterocycles. The lowest BCUT2D eigenvalue weighted by atomic mass is 10.2. The van der Waals surface area contributed by atoms with E-state index in [9.17, 15) is 22.4 Å². The maximum atomic E-state index is 13.5. The average Bonchev–Trinajstić information content (AvgIpc) is 2.44. The van der Waals surface area contributed by atoms with Crippen LogP contribution < -0.4 is 10.3 Å². The first-order valence-corrected chi connectivity index (χ1v) is 6.92. The number of hydrogen-bond donors (Lipinski definition) is 1. The number of halogens is 4. The van der Waals surface area contributed by atoms with Crippen molar-refractivity contribution >= 4 is 11.8 Å². The minimum Gasteiger partial charge on any atom is -0.494 e. The molecule has 0 bridgehead atoms. The Bertz CT molecular complexity index is 731. The Balaban J connectivity index is 2.16. The fourth-order valence-electron chi connectivity index (χ4n) is 1.60. The number of thioether (sulfide) groups is 1. The van der Waals surface area contributed by atoms with Crippen molar-refractivity contribution in [3.63, 3.8) is 0 Å². The van der Waals surface area contributed by atoms with Gasteiger partial charge in [0.05, 0.1) is 7.11 Å². The molecule has 0 radical (unpaired) electrons. The van der Waals surface area contributed by atoms with Gasteiger partial charge in [0.1, 0.15) is 0 Å². The molecule has 1 aromatic heterocycles. The Kier molecular flexibility index (Phi) is 4.74.